The summed E-state index contributed by atoms with van der Waals surface area (Å²) in [6, 6.07) is 6.95. The molecule has 0 saturated carbocycles. The van der Waals surface area contributed by atoms with Crippen LogP contribution < -0.4 is 14.9 Å². The number of carboxylic acid groups (broad SMARTS) is 1. The number of carboxylic acids is 1. The number of rotatable bonds is 2. The third-order valence-corrected chi connectivity index (χ3v) is 2.12. The van der Waals surface area contributed by atoms with Crippen molar-refractivity contribution < 1.29 is 23.8 Å². The van der Waals surface area contributed by atoms with E-state index in [-0.39, 0.29) is 17.1 Å². The Balaban J connectivity index is 0.000000399. The van der Waals surface area contributed by atoms with E-state index >= 15 is 0 Å². The molecule has 2 aromatic rings. The fourth-order valence-electron chi connectivity index (χ4n) is 1.41. The van der Waals surface area contributed by atoms with E-state index in [2.05, 4.69) is 0 Å². The number of aliphatic carboxylic acids is 1. The van der Waals surface area contributed by atoms with Gasteiger partial charge in [0.15, 0.2) is 0 Å². The maximum absolute atomic E-state index is 11.9. The second-order valence-electron chi connectivity index (χ2n) is 3.47. The van der Waals surface area contributed by atoms with Gasteiger partial charge in [-0.2, -0.15) is 0 Å². The molecule has 19 heavy (non-hydrogen) atoms. The average Bonchev–Trinajstić information content (AvgIpc) is 2.38. The van der Waals surface area contributed by atoms with Crippen LogP contribution in [0.25, 0.3) is 11.0 Å². The molecule has 0 bridgehead atoms. The molecular formula is C13H14O6. The van der Waals surface area contributed by atoms with Crippen molar-refractivity contribution in [1.29, 1.82) is 0 Å². The molecule has 1 aromatic heterocycles. The lowest BCUT2D eigenvalue weighted by atomic mass is 10.2. The maximum atomic E-state index is 11.9. The summed E-state index contributed by atoms with van der Waals surface area (Å²) in [6.07, 6.45) is 0. The predicted molar refractivity (Wildman–Crippen MR) is 68.9 cm³/mol. The van der Waals surface area contributed by atoms with Gasteiger partial charge in [0.2, 0.25) is 11.2 Å². The first-order valence-corrected chi connectivity index (χ1v) is 5.34. The Morgan fingerprint density at radius 2 is 1.79 bits per heavy atom. The van der Waals surface area contributed by atoms with E-state index in [4.69, 9.17) is 23.8 Å². The third-order valence-electron chi connectivity index (χ3n) is 2.12. The molecule has 6 heteroatoms. The second-order valence-corrected chi connectivity index (χ2v) is 3.47. The molecule has 1 heterocycles. The number of para-hydroxylation sites is 1. The smallest absolute Gasteiger partial charge is 0.333 e. The highest BCUT2D eigenvalue weighted by Crippen LogP contribution is 2.26. The first-order valence-electron chi connectivity index (χ1n) is 5.34. The molecule has 0 saturated heterocycles. The average molecular weight is 266 g/mol. The van der Waals surface area contributed by atoms with Crippen molar-refractivity contribution in [2.75, 3.05) is 14.2 Å². The van der Waals surface area contributed by atoms with Crippen molar-refractivity contribution in [2.24, 2.45) is 0 Å². The van der Waals surface area contributed by atoms with Crippen LogP contribution in [0.4, 0.5) is 0 Å². The van der Waals surface area contributed by atoms with Crippen molar-refractivity contribution >= 4 is 16.9 Å². The zero-order chi connectivity index (χ0) is 14.4. The first-order chi connectivity index (χ1) is 9.01. The van der Waals surface area contributed by atoms with Crippen molar-refractivity contribution in [2.45, 2.75) is 6.92 Å². The number of carbonyl (C=O) groups is 1. The highest BCUT2D eigenvalue weighted by Gasteiger charge is 2.14. The quantitative estimate of drug-likeness (QED) is 0.893. The van der Waals surface area contributed by atoms with Crippen molar-refractivity contribution in [1.82, 2.24) is 0 Å². The van der Waals surface area contributed by atoms with E-state index in [0.29, 0.717) is 11.0 Å². The standard InChI is InChI=1S/C11H10O4.C2H4O2/c1-13-10-9(12)7-5-3-4-6-8(7)15-11(10)14-2;1-2(3)4/h3-6H,1-2H3;1H3,(H,3,4). The molecule has 0 radical (unpaired) electrons. The molecule has 1 aromatic carbocycles. The summed E-state index contributed by atoms with van der Waals surface area (Å²) in [5.74, 6) is -0.641. The van der Waals surface area contributed by atoms with Crippen LogP contribution >= 0.6 is 0 Å². The van der Waals surface area contributed by atoms with Crippen molar-refractivity contribution in [3.8, 4) is 11.7 Å². The Hall–Kier alpha value is -2.50. The van der Waals surface area contributed by atoms with Crippen LogP contribution in [-0.2, 0) is 4.79 Å². The van der Waals surface area contributed by atoms with Gasteiger partial charge in [-0.15, -0.1) is 0 Å². The van der Waals surface area contributed by atoms with Crippen LogP contribution in [0.3, 0.4) is 0 Å². The van der Waals surface area contributed by atoms with Gasteiger partial charge >= 0.3 is 5.95 Å². The summed E-state index contributed by atoms with van der Waals surface area (Å²) in [6.45, 7) is 1.08. The van der Waals surface area contributed by atoms with Crippen LogP contribution in [0, 0.1) is 0 Å². The van der Waals surface area contributed by atoms with Crippen LogP contribution in [0.5, 0.6) is 11.7 Å². The number of methoxy groups -OCH3 is 2. The van der Waals surface area contributed by atoms with Gasteiger partial charge in [0.1, 0.15) is 5.58 Å². The van der Waals surface area contributed by atoms with E-state index in [0.717, 1.165) is 6.92 Å². The lowest BCUT2D eigenvalue weighted by Crippen LogP contribution is -2.07. The highest BCUT2D eigenvalue weighted by molar-refractivity contribution is 5.78. The summed E-state index contributed by atoms with van der Waals surface area (Å²) in [7, 11) is 2.83. The lowest BCUT2D eigenvalue weighted by molar-refractivity contribution is -0.134. The predicted octanol–water partition coefficient (Wildman–Crippen LogP) is 1.90. The monoisotopic (exact) mass is 266 g/mol. The van der Waals surface area contributed by atoms with Crippen LogP contribution in [-0.4, -0.2) is 25.3 Å². The van der Waals surface area contributed by atoms with Gasteiger partial charge in [0.05, 0.1) is 19.6 Å². The number of benzene rings is 1. The Bertz CT molecular complexity index is 625. The number of hydrogen-bond donors (Lipinski definition) is 1. The SMILES string of the molecule is CC(=O)O.COc1oc2ccccc2c(=O)c1OC. The maximum Gasteiger partial charge on any atom is 0.333 e. The minimum atomic E-state index is -0.833. The van der Waals surface area contributed by atoms with Gasteiger partial charge in [-0.25, -0.2) is 0 Å². The van der Waals surface area contributed by atoms with Crippen molar-refractivity contribution in [3.63, 3.8) is 0 Å². The number of fused-ring (bicyclic) bond motifs is 1. The normalized spacial score (nSPS) is 9.42. The van der Waals surface area contributed by atoms with Gasteiger partial charge < -0.3 is 19.0 Å². The van der Waals surface area contributed by atoms with Gasteiger partial charge in [0.25, 0.3) is 5.97 Å². The number of ether oxygens (including phenoxy) is 2. The van der Waals surface area contributed by atoms with E-state index in [1.165, 1.54) is 14.2 Å². The molecule has 6 nitrogen and oxygen atoms in total. The van der Waals surface area contributed by atoms with Gasteiger partial charge in [-0.3, -0.25) is 9.59 Å². The molecule has 2 rings (SSSR count). The Morgan fingerprint density at radius 3 is 2.32 bits per heavy atom. The zero-order valence-electron chi connectivity index (χ0n) is 10.8. The minimum Gasteiger partial charge on any atom is -0.487 e. The first kappa shape index (κ1) is 14.6. The molecule has 0 spiro atoms. The molecule has 1 N–H and O–H groups in total. The largest absolute Gasteiger partial charge is 0.487 e. The molecule has 102 valence electrons. The second kappa shape index (κ2) is 6.44. The molecule has 0 atom stereocenters. The van der Waals surface area contributed by atoms with Crippen LogP contribution in [0.1, 0.15) is 6.92 Å². The molecule has 0 fully saturated rings. The molecule has 0 amide bonds. The highest BCUT2D eigenvalue weighted by atomic mass is 16.6. The van der Waals surface area contributed by atoms with E-state index < -0.39 is 5.97 Å². The fourth-order valence-corrected chi connectivity index (χ4v) is 1.41. The van der Waals surface area contributed by atoms with Gasteiger partial charge in [-0.05, 0) is 12.1 Å². The summed E-state index contributed by atoms with van der Waals surface area (Å²) in [5.41, 5.74) is 0.261. The summed E-state index contributed by atoms with van der Waals surface area (Å²) in [5, 5.41) is 7.90. The fraction of sp³-hybridized carbons (Fsp3) is 0.231. The minimum absolute atomic E-state index is 0.0937. The van der Waals surface area contributed by atoms with Crippen LogP contribution in [0.2, 0.25) is 0 Å². The Morgan fingerprint density at radius 1 is 1.21 bits per heavy atom. The van der Waals surface area contributed by atoms with Gasteiger partial charge in [-0.1, -0.05) is 12.1 Å². The van der Waals surface area contributed by atoms with E-state index in [1.54, 1.807) is 24.3 Å². The third kappa shape index (κ3) is 3.48. The molecule has 0 aliphatic heterocycles. The molecular weight excluding hydrogens is 252 g/mol. The summed E-state index contributed by atoms with van der Waals surface area (Å²) < 4.78 is 15.2. The van der Waals surface area contributed by atoms with E-state index in [9.17, 15) is 4.79 Å². The molecule has 0 unspecified atom stereocenters. The molecule has 0 aliphatic carbocycles. The van der Waals surface area contributed by atoms with Crippen LogP contribution in [0.15, 0.2) is 33.5 Å². The Labute approximate surface area is 109 Å². The van der Waals surface area contributed by atoms with Gasteiger partial charge in [0, 0.05) is 6.92 Å². The summed E-state index contributed by atoms with van der Waals surface area (Å²) >= 11 is 0. The topological polar surface area (TPSA) is 86.0 Å². The van der Waals surface area contributed by atoms with E-state index in [1.807, 2.05) is 0 Å². The summed E-state index contributed by atoms with van der Waals surface area (Å²) in [4.78, 5) is 20.9. The number of hydrogen-bond acceptors (Lipinski definition) is 5. The molecule has 0 aliphatic rings. The Kier molecular flexibility index (Phi) is 4.93. The lowest BCUT2D eigenvalue weighted by Gasteiger charge is -2.06. The van der Waals surface area contributed by atoms with Crippen molar-refractivity contribution in [3.05, 3.63) is 34.5 Å². The zero-order valence-corrected chi connectivity index (χ0v) is 10.8.